The van der Waals surface area contributed by atoms with Crippen molar-refractivity contribution >= 4 is 12.2 Å². The summed E-state index contributed by atoms with van der Waals surface area (Å²) >= 11 is 5.32. The molecule has 5 heteroatoms. The van der Waals surface area contributed by atoms with Gasteiger partial charge in [0.25, 0.3) is 0 Å². The second kappa shape index (κ2) is 5.93. The molecule has 2 heterocycles. The van der Waals surface area contributed by atoms with Crippen LogP contribution in [0.15, 0.2) is 18.5 Å². The lowest BCUT2D eigenvalue weighted by atomic mass is 10.1. The van der Waals surface area contributed by atoms with Gasteiger partial charge in [-0.05, 0) is 19.4 Å². The lowest BCUT2D eigenvalue weighted by molar-refractivity contribution is 0.413. The van der Waals surface area contributed by atoms with Crippen LogP contribution in [0.2, 0.25) is 0 Å². The van der Waals surface area contributed by atoms with E-state index in [9.17, 15) is 0 Å². The van der Waals surface area contributed by atoms with Crippen molar-refractivity contribution in [2.75, 3.05) is 7.11 Å². The monoisotopic (exact) mass is 275 g/mol. The smallest absolute Gasteiger partial charge is 0.137 e. The first-order valence-corrected chi connectivity index (χ1v) is 6.65. The molecule has 0 bridgehead atoms. The van der Waals surface area contributed by atoms with Gasteiger partial charge in [-0.3, -0.25) is 4.98 Å². The fourth-order valence-corrected chi connectivity index (χ4v) is 2.10. The molecule has 0 aromatic carbocycles. The first-order chi connectivity index (χ1) is 9.15. The Kier molecular flexibility index (Phi) is 4.27. The lowest BCUT2D eigenvalue weighted by Crippen LogP contribution is -2.00. The minimum absolute atomic E-state index is 0.639. The van der Waals surface area contributed by atoms with E-state index in [4.69, 9.17) is 17.0 Å². The third-order valence-corrected chi connectivity index (χ3v) is 3.32. The molecule has 1 N–H and O–H groups in total. The number of aryl methyl sites for hydroxylation is 1. The molecule has 0 radical (unpaired) electrons. The summed E-state index contributed by atoms with van der Waals surface area (Å²) in [5, 5.41) is 0. The zero-order valence-corrected chi connectivity index (χ0v) is 12.2. The van der Waals surface area contributed by atoms with Gasteiger partial charge in [0.05, 0.1) is 19.0 Å². The number of aromatic amines is 1. The molecule has 100 valence electrons. The Bertz CT molecular complexity index is 637. The minimum atomic E-state index is 0.639. The standard InChI is InChI=1S/C14H17N3OS/c1-4-5-12-16-13(9(2)14(19)17-12)10-6-11(18-3)8-15-7-10/h6-8H,4-5H2,1-3H3,(H,16,17,19). The topological polar surface area (TPSA) is 50.8 Å². The van der Waals surface area contributed by atoms with E-state index in [1.807, 2.05) is 13.0 Å². The lowest BCUT2D eigenvalue weighted by Gasteiger charge is -2.10. The Hall–Kier alpha value is -1.75. The quantitative estimate of drug-likeness (QED) is 0.868. The summed E-state index contributed by atoms with van der Waals surface area (Å²) in [4.78, 5) is 11.9. The van der Waals surface area contributed by atoms with E-state index in [1.165, 1.54) is 0 Å². The highest BCUT2D eigenvalue weighted by molar-refractivity contribution is 7.71. The number of methoxy groups -OCH3 is 1. The van der Waals surface area contributed by atoms with Crippen molar-refractivity contribution < 1.29 is 4.74 Å². The van der Waals surface area contributed by atoms with E-state index < -0.39 is 0 Å². The number of pyridine rings is 1. The molecule has 0 aliphatic carbocycles. The average Bonchev–Trinajstić information content (AvgIpc) is 2.43. The molecular formula is C14H17N3OS. The average molecular weight is 275 g/mol. The molecule has 0 saturated carbocycles. The summed E-state index contributed by atoms with van der Waals surface area (Å²) in [6, 6.07) is 1.94. The van der Waals surface area contributed by atoms with Crippen molar-refractivity contribution in [3.63, 3.8) is 0 Å². The third kappa shape index (κ3) is 2.98. The van der Waals surface area contributed by atoms with Gasteiger partial charge >= 0.3 is 0 Å². The normalized spacial score (nSPS) is 10.5. The third-order valence-electron chi connectivity index (χ3n) is 2.93. The molecular weight excluding hydrogens is 258 g/mol. The van der Waals surface area contributed by atoms with E-state index in [0.717, 1.165) is 41.2 Å². The van der Waals surface area contributed by atoms with E-state index >= 15 is 0 Å². The van der Waals surface area contributed by atoms with Gasteiger partial charge in [-0.1, -0.05) is 19.1 Å². The first-order valence-electron chi connectivity index (χ1n) is 6.25. The molecule has 2 aromatic heterocycles. The van der Waals surface area contributed by atoms with Crippen molar-refractivity contribution in [1.82, 2.24) is 15.0 Å². The summed E-state index contributed by atoms with van der Waals surface area (Å²) in [5.41, 5.74) is 2.89. The Morgan fingerprint density at radius 1 is 1.37 bits per heavy atom. The van der Waals surface area contributed by atoms with Crippen LogP contribution < -0.4 is 4.74 Å². The number of hydrogen-bond acceptors (Lipinski definition) is 4. The highest BCUT2D eigenvalue weighted by Gasteiger charge is 2.08. The van der Waals surface area contributed by atoms with Crippen molar-refractivity contribution in [3.8, 4) is 17.0 Å². The number of ether oxygens (including phenoxy) is 1. The second-order valence-electron chi connectivity index (χ2n) is 4.35. The van der Waals surface area contributed by atoms with Gasteiger partial charge in [0, 0.05) is 23.7 Å². The number of nitrogens with zero attached hydrogens (tertiary/aromatic N) is 2. The number of aromatic nitrogens is 3. The molecule has 2 aromatic rings. The van der Waals surface area contributed by atoms with Gasteiger partial charge in [-0.25, -0.2) is 4.98 Å². The Morgan fingerprint density at radius 3 is 2.84 bits per heavy atom. The van der Waals surface area contributed by atoms with Gasteiger partial charge in [0.1, 0.15) is 16.2 Å². The maximum absolute atomic E-state index is 5.32. The summed E-state index contributed by atoms with van der Waals surface area (Å²) in [6.45, 7) is 4.08. The molecule has 0 unspecified atom stereocenters. The number of hydrogen-bond donors (Lipinski definition) is 1. The molecule has 0 amide bonds. The fraction of sp³-hybridized carbons (Fsp3) is 0.357. The molecule has 0 fully saturated rings. The highest BCUT2D eigenvalue weighted by Crippen LogP contribution is 2.24. The molecule has 0 aliphatic rings. The van der Waals surface area contributed by atoms with E-state index in [2.05, 4.69) is 21.9 Å². The van der Waals surface area contributed by atoms with Crippen LogP contribution >= 0.6 is 12.2 Å². The summed E-state index contributed by atoms with van der Waals surface area (Å²) in [5.74, 6) is 1.64. The molecule has 4 nitrogen and oxygen atoms in total. The zero-order chi connectivity index (χ0) is 13.8. The maximum Gasteiger partial charge on any atom is 0.137 e. The predicted octanol–water partition coefficient (Wildman–Crippen LogP) is 3.47. The number of nitrogens with one attached hydrogen (secondary N) is 1. The maximum atomic E-state index is 5.32. The Labute approximate surface area is 117 Å². The molecule has 0 atom stereocenters. The van der Waals surface area contributed by atoms with Crippen LogP contribution in [0.3, 0.4) is 0 Å². The van der Waals surface area contributed by atoms with E-state index in [0.29, 0.717) is 4.64 Å². The van der Waals surface area contributed by atoms with Gasteiger partial charge in [-0.15, -0.1) is 0 Å². The number of H-pyrrole nitrogens is 1. The SMILES string of the molecule is CCCc1nc(=S)c(C)c(-c2cncc(OC)c2)[nH]1. The van der Waals surface area contributed by atoms with Crippen LogP contribution in [0, 0.1) is 11.6 Å². The van der Waals surface area contributed by atoms with Crippen molar-refractivity contribution in [1.29, 1.82) is 0 Å². The van der Waals surface area contributed by atoms with Crippen LogP contribution in [0.25, 0.3) is 11.3 Å². The van der Waals surface area contributed by atoms with Gasteiger partial charge in [-0.2, -0.15) is 0 Å². The summed E-state index contributed by atoms with van der Waals surface area (Å²) in [6.07, 6.45) is 5.39. The molecule has 19 heavy (non-hydrogen) atoms. The van der Waals surface area contributed by atoms with Crippen molar-refractivity contribution in [2.45, 2.75) is 26.7 Å². The van der Waals surface area contributed by atoms with Gasteiger partial charge in [0.2, 0.25) is 0 Å². The van der Waals surface area contributed by atoms with Crippen LogP contribution in [-0.4, -0.2) is 22.1 Å². The van der Waals surface area contributed by atoms with Crippen LogP contribution in [0.1, 0.15) is 24.7 Å². The minimum Gasteiger partial charge on any atom is -0.495 e. The molecule has 2 rings (SSSR count). The molecule has 0 spiro atoms. The van der Waals surface area contributed by atoms with E-state index in [1.54, 1.807) is 19.5 Å². The number of rotatable bonds is 4. The van der Waals surface area contributed by atoms with Crippen molar-refractivity contribution in [2.24, 2.45) is 0 Å². The molecule has 0 aliphatic heterocycles. The molecule has 0 saturated heterocycles. The van der Waals surface area contributed by atoms with Crippen LogP contribution in [0.5, 0.6) is 5.75 Å². The van der Waals surface area contributed by atoms with Crippen LogP contribution in [0.4, 0.5) is 0 Å². The fourth-order valence-electron chi connectivity index (χ4n) is 1.89. The summed E-state index contributed by atoms with van der Waals surface area (Å²) < 4.78 is 5.85. The predicted molar refractivity (Wildman–Crippen MR) is 77.9 cm³/mol. The van der Waals surface area contributed by atoms with E-state index in [-0.39, 0.29) is 0 Å². The van der Waals surface area contributed by atoms with Crippen molar-refractivity contribution in [3.05, 3.63) is 34.5 Å². The summed E-state index contributed by atoms with van der Waals surface area (Å²) in [7, 11) is 1.63. The largest absolute Gasteiger partial charge is 0.495 e. The first kappa shape index (κ1) is 13.7. The highest BCUT2D eigenvalue weighted by atomic mass is 32.1. The second-order valence-corrected chi connectivity index (χ2v) is 4.74. The zero-order valence-electron chi connectivity index (χ0n) is 11.4. The Balaban J connectivity index is 2.56. The van der Waals surface area contributed by atoms with Crippen LogP contribution in [-0.2, 0) is 6.42 Å². The Morgan fingerprint density at radius 2 is 2.16 bits per heavy atom. The van der Waals surface area contributed by atoms with Gasteiger partial charge in [0.15, 0.2) is 0 Å². The van der Waals surface area contributed by atoms with Gasteiger partial charge < -0.3 is 9.72 Å².